The molecule has 0 aliphatic heterocycles. The molecule has 1 N–H and O–H groups in total. The van der Waals surface area contributed by atoms with E-state index in [0.29, 0.717) is 22.4 Å². The Labute approximate surface area is 138 Å². The van der Waals surface area contributed by atoms with Gasteiger partial charge in [-0.1, -0.05) is 18.5 Å². The Morgan fingerprint density at radius 3 is 2.65 bits per heavy atom. The molecule has 0 heterocycles. The average Bonchev–Trinajstić information content (AvgIpc) is 2.44. The van der Waals surface area contributed by atoms with Crippen molar-refractivity contribution in [2.75, 3.05) is 5.88 Å². The Bertz CT molecular complexity index is 499. The van der Waals surface area contributed by atoms with Crippen LogP contribution < -0.4 is 5.32 Å². The van der Waals surface area contributed by atoms with E-state index in [-0.39, 0.29) is 11.4 Å². The van der Waals surface area contributed by atoms with E-state index in [0.717, 1.165) is 30.2 Å². The molecule has 1 aliphatic carbocycles. The fourth-order valence-corrected chi connectivity index (χ4v) is 3.39. The van der Waals surface area contributed by atoms with Gasteiger partial charge < -0.3 is 5.32 Å². The number of halogens is 3. The van der Waals surface area contributed by atoms with Gasteiger partial charge in [-0.3, -0.25) is 4.79 Å². The van der Waals surface area contributed by atoms with E-state index in [1.54, 1.807) is 18.2 Å². The average molecular weight is 379 g/mol. The molecule has 0 atom stereocenters. The predicted molar refractivity (Wildman–Crippen MR) is 87.7 cm³/mol. The van der Waals surface area contributed by atoms with Crippen molar-refractivity contribution in [2.24, 2.45) is 5.92 Å². The summed E-state index contributed by atoms with van der Waals surface area (Å²) in [7, 11) is 0. The summed E-state index contributed by atoms with van der Waals surface area (Å²) in [6.07, 6.45) is 4.10. The molecule has 0 spiro atoms. The van der Waals surface area contributed by atoms with Crippen molar-refractivity contribution in [3.8, 4) is 0 Å². The zero-order chi connectivity index (χ0) is 14.8. The third-order valence-electron chi connectivity index (χ3n) is 4.05. The maximum absolute atomic E-state index is 12.4. The number of amides is 1. The highest BCUT2D eigenvalue weighted by atomic mass is 79.9. The number of alkyl halides is 1. The Kier molecular flexibility index (Phi) is 5.38. The molecule has 1 saturated carbocycles. The molecule has 1 aromatic carbocycles. The quantitative estimate of drug-likeness (QED) is 0.735. The van der Waals surface area contributed by atoms with Gasteiger partial charge in [-0.2, -0.15) is 0 Å². The SMILES string of the molecule is CC1CCC(CCl)(NC(=O)c2ccc(Cl)c(Br)c2)CC1. The van der Waals surface area contributed by atoms with Crippen molar-refractivity contribution in [1.82, 2.24) is 5.32 Å². The summed E-state index contributed by atoms with van der Waals surface area (Å²) in [5.41, 5.74) is 0.335. The first kappa shape index (κ1) is 16.1. The highest BCUT2D eigenvalue weighted by Gasteiger charge is 2.35. The molecule has 0 radical (unpaired) electrons. The molecule has 5 heteroatoms. The lowest BCUT2D eigenvalue weighted by molar-refractivity contribution is 0.0872. The third kappa shape index (κ3) is 3.69. The van der Waals surface area contributed by atoms with Crippen molar-refractivity contribution in [1.29, 1.82) is 0 Å². The highest BCUT2D eigenvalue weighted by molar-refractivity contribution is 9.10. The molecule has 20 heavy (non-hydrogen) atoms. The monoisotopic (exact) mass is 377 g/mol. The van der Waals surface area contributed by atoms with Gasteiger partial charge in [0.15, 0.2) is 0 Å². The van der Waals surface area contributed by atoms with E-state index in [4.69, 9.17) is 23.2 Å². The smallest absolute Gasteiger partial charge is 0.251 e. The Balaban J connectivity index is 2.11. The molecule has 0 saturated heterocycles. The third-order valence-corrected chi connectivity index (χ3v) is 5.77. The van der Waals surface area contributed by atoms with Crippen LogP contribution in [0.15, 0.2) is 22.7 Å². The molecule has 0 bridgehead atoms. The van der Waals surface area contributed by atoms with Crippen molar-refractivity contribution in [3.05, 3.63) is 33.3 Å². The molecule has 0 unspecified atom stereocenters. The normalized spacial score (nSPS) is 26.3. The number of hydrogen-bond donors (Lipinski definition) is 1. The molecular formula is C15H18BrCl2NO. The topological polar surface area (TPSA) is 29.1 Å². The highest BCUT2D eigenvalue weighted by Crippen LogP contribution is 2.33. The molecule has 1 aliphatic rings. The van der Waals surface area contributed by atoms with Crippen LogP contribution in [0.2, 0.25) is 5.02 Å². The molecule has 2 rings (SSSR count). The Hall–Kier alpha value is -0.250. The summed E-state index contributed by atoms with van der Waals surface area (Å²) in [6.45, 7) is 2.25. The minimum Gasteiger partial charge on any atom is -0.345 e. The first-order valence-electron chi connectivity index (χ1n) is 6.79. The lowest BCUT2D eigenvalue weighted by atomic mass is 9.78. The van der Waals surface area contributed by atoms with Crippen LogP contribution >= 0.6 is 39.1 Å². The van der Waals surface area contributed by atoms with Crippen molar-refractivity contribution in [3.63, 3.8) is 0 Å². The number of nitrogens with one attached hydrogen (secondary N) is 1. The van der Waals surface area contributed by atoms with Gasteiger partial charge in [-0.15, -0.1) is 11.6 Å². The van der Waals surface area contributed by atoms with Gasteiger partial charge in [0.1, 0.15) is 0 Å². The van der Waals surface area contributed by atoms with Crippen LogP contribution in [0, 0.1) is 5.92 Å². The Morgan fingerprint density at radius 2 is 2.10 bits per heavy atom. The van der Waals surface area contributed by atoms with Crippen LogP contribution in [0.4, 0.5) is 0 Å². The maximum Gasteiger partial charge on any atom is 0.251 e. The molecular weight excluding hydrogens is 361 g/mol. The van der Waals surface area contributed by atoms with Gasteiger partial charge >= 0.3 is 0 Å². The van der Waals surface area contributed by atoms with Crippen LogP contribution in [0.25, 0.3) is 0 Å². The van der Waals surface area contributed by atoms with E-state index in [1.165, 1.54) is 0 Å². The first-order valence-corrected chi connectivity index (χ1v) is 8.50. The Morgan fingerprint density at radius 1 is 1.45 bits per heavy atom. The van der Waals surface area contributed by atoms with Crippen molar-refractivity contribution >= 4 is 45.0 Å². The fraction of sp³-hybridized carbons (Fsp3) is 0.533. The van der Waals surface area contributed by atoms with Crippen LogP contribution in [0.1, 0.15) is 43.0 Å². The summed E-state index contributed by atoms with van der Waals surface area (Å²) < 4.78 is 0.726. The predicted octanol–water partition coefficient (Wildman–Crippen LogP) is 5.02. The molecule has 110 valence electrons. The van der Waals surface area contributed by atoms with Gasteiger partial charge in [-0.25, -0.2) is 0 Å². The van der Waals surface area contributed by atoms with Gasteiger partial charge in [0.05, 0.1) is 10.6 Å². The molecule has 2 nitrogen and oxygen atoms in total. The lowest BCUT2D eigenvalue weighted by Gasteiger charge is -2.38. The summed E-state index contributed by atoms with van der Waals surface area (Å²) in [4.78, 5) is 12.4. The van der Waals surface area contributed by atoms with Gasteiger partial charge in [0.25, 0.3) is 5.91 Å². The lowest BCUT2D eigenvalue weighted by Crippen LogP contribution is -2.52. The summed E-state index contributed by atoms with van der Waals surface area (Å²) in [5.74, 6) is 1.09. The summed E-state index contributed by atoms with van der Waals surface area (Å²) in [5, 5.41) is 3.73. The van der Waals surface area contributed by atoms with E-state index < -0.39 is 0 Å². The van der Waals surface area contributed by atoms with E-state index in [2.05, 4.69) is 28.2 Å². The van der Waals surface area contributed by atoms with E-state index >= 15 is 0 Å². The largest absolute Gasteiger partial charge is 0.345 e. The van der Waals surface area contributed by atoms with Gasteiger partial charge in [-0.05, 0) is 65.7 Å². The minimum atomic E-state index is -0.267. The van der Waals surface area contributed by atoms with E-state index in [1.807, 2.05) is 0 Å². The summed E-state index contributed by atoms with van der Waals surface area (Å²) >= 11 is 15.4. The van der Waals surface area contributed by atoms with Gasteiger partial charge in [0, 0.05) is 15.9 Å². The second-order valence-electron chi connectivity index (χ2n) is 5.68. The van der Waals surface area contributed by atoms with Crippen molar-refractivity contribution in [2.45, 2.75) is 38.1 Å². The van der Waals surface area contributed by atoms with Gasteiger partial charge in [0.2, 0.25) is 0 Å². The first-order chi connectivity index (χ1) is 9.46. The standard InChI is InChI=1S/C15H18BrCl2NO/c1-10-4-6-15(9-17,7-5-10)19-14(20)11-2-3-13(18)12(16)8-11/h2-3,8,10H,4-7,9H2,1H3,(H,19,20). The minimum absolute atomic E-state index is 0.0856. The number of carbonyl (C=O) groups excluding carboxylic acids is 1. The maximum atomic E-state index is 12.4. The van der Waals surface area contributed by atoms with Crippen molar-refractivity contribution < 1.29 is 4.79 Å². The van der Waals surface area contributed by atoms with Crippen LogP contribution in [-0.2, 0) is 0 Å². The number of hydrogen-bond acceptors (Lipinski definition) is 1. The fourth-order valence-electron chi connectivity index (χ4n) is 2.56. The van der Waals surface area contributed by atoms with Crippen LogP contribution in [-0.4, -0.2) is 17.3 Å². The molecule has 1 aromatic rings. The number of rotatable bonds is 3. The van der Waals surface area contributed by atoms with Crippen LogP contribution in [0.5, 0.6) is 0 Å². The second kappa shape index (κ2) is 6.67. The number of carbonyl (C=O) groups is 1. The molecule has 0 aromatic heterocycles. The summed E-state index contributed by atoms with van der Waals surface area (Å²) in [6, 6.07) is 5.19. The zero-order valence-electron chi connectivity index (χ0n) is 11.4. The zero-order valence-corrected chi connectivity index (χ0v) is 14.5. The van der Waals surface area contributed by atoms with E-state index in [9.17, 15) is 4.79 Å². The van der Waals surface area contributed by atoms with Crippen LogP contribution in [0.3, 0.4) is 0 Å². The number of benzene rings is 1. The molecule has 1 fully saturated rings. The molecule has 1 amide bonds. The second-order valence-corrected chi connectivity index (χ2v) is 7.21.